The third-order valence-electron chi connectivity index (χ3n) is 1.30. The highest BCUT2D eigenvalue weighted by molar-refractivity contribution is 6.47. The molecule has 0 aliphatic carbocycles. The second-order valence-electron chi connectivity index (χ2n) is 2.36. The summed E-state index contributed by atoms with van der Waals surface area (Å²) in [6, 6.07) is 0. The Balaban J connectivity index is 2.49. The average molecular weight is 209 g/mol. The average Bonchev–Trinajstić information content (AvgIpc) is 2.45. The summed E-state index contributed by atoms with van der Waals surface area (Å²) in [6.45, 7) is 0.222. The van der Waals surface area contributed by atoms with Crippen LogP contribution in [0.4, 0.5) is 13.2 Å². The quantitative estimate of drug-likeness (QED) is 0.513. The van der Waals surface area contributed by atoms with E-state index in [0.29, 0.717) is 0 Å². The predicted molar refractivity (Wildman–Crippen MR) is 34.8 cm³/mol. The second kappa shape index (κ2) is 2.68. The maximum atomic E-state index is 12.5. The summed E-state index contributed by atoms with van der Waals surface area (Å²) in [5.41, 5.74) is 0. The molecule has 1 atom stereocenters. The van der Waals surface area contributed by atoms with E-state index in [1.54, 1.807) is 0 Å². The Morgan fingerprint density at radius 1 is 1.36 bits per heavy atom. The van der Waals surface area contributed by atoms with Crippen molar-refractivity contribution in [2.45, 2.75) is 23.0 Å². The van der Waals surface area contributed by atoms with E-state index >= 15 is 0 Å². The van der Waals surface area contributed by atoms with Crippen molar-refractivity contribution in [1.29, 1.82) is 0 Å². The van der Waals surface area contributed by atoms with Gasteiger partial charge in [-0.1, -0.05) is 23.2 Å². The number of alkyl halides is 5. The molecule has 1 nitrogen and oxygen atoms in total. The van der Waals surface area contributed by atoms with Crippen molar-refractivity contribution in [1.82, 2.24) is 0 Å². The number of rotatable bonds is 3. The zero-order valence-electron chi connectivity index (χ0n) is 5.29. The number of ether oxygens (including phenoxy) is 1. The van der Waals surface area contributed by atoms with Crippen molar-refractivity contribution in [3.63, 3.8) is 0 Å². The van der Waals surface area contributed by atoms with Gasteiger partial charge in [-0.3, -0.25) is 0 Å². The number of hydrogen-bond acceptors (Lipinski definition) is 1. The monoisotopic (exact) mass is 208 g/mol. The molecule has 1 rings (SSSR count). The minimum atomic E-state index is -3.74. The van der Waals surface area contributed by atoms with E-state index in [0.717, 1.165) is 0 Å². The van der Waals surface area contributed by atoms with Crippen LogP contribution in [0, 0.1) is 0 Å². The molecule has 1 aliphatic heterocycles. The van der Waals surface area contributed by atoms with E-state index in [2.05, 4.69) is 27.9 Å². The fourth-order valence-electron chi connectivity index (χ4n) is 0.588. The minimum Gasteiger partial charge on any atom is -0.373 e. The highest BCUT2D eigenvalue weighted by Crippen LogP contribution is 2.44. The lowest BCUT2D eigenvalue weighted by Crippen LogP contribution is -2.35. The first kappa shape index (κ1) is 9.42. The van der Waals surface area contributed by atoms with Gasteiger partial charge >= 0.3 is 10.5 Å². The third kappa shape index (κ3) is 2.39. The molecular formula is C5H5Cl2F3O. The van der Waals surface area contributed by atoms with Crippen molar-refractivity contribution < 1.29 is 17.9 Å². The van der Waals surface area contributed by atoms with Gasteiger partial charge in [-0.2, -0.15) is 0 Å². The molecule has 0 radical (unpaired) electrons. The van der Waals surface area contributed by atoms with Crippen LogP contribution in [0.25, 0.3) is 0 Å². The Hall–Kier alpha value is 0.330. The minimum absolute atomic E-state index is 0.222. The first-order valence-corrected chi connectivity index (χ1v) is 3.65. The highest BCUT2D eigenvalue weighted by Gasteiger charge is 2.55. The SMILES string of the molecule is FC(Cl)(Cl)C(F)(F)CC1CO1. The molecule has 1 aliphatic rings. The molecule has 1 fully saturated rings. The third-order valence-corrected chi connectivity index (χ3v) is 1.85. The fourth-order valence-corrected chi connectivity index (χ4v) is 0.742. The van der Waals surface area contributed by atoms with Crippen molar-refractivity contribution in [3.05, 3.63) is 0 Å². The topological polar surface area (TPSA) is 12.5 Å². The molecule has 0 N–H and O–H groups in total. The van der Waals surface area contributed by atoms with Gasteiger partial charge in [0.15, 0.2) is 0 Å². The van der Waals surface area contributed by atoms with Gasteiger partial charge in [-0.05, 0) is 0 Å². The molecule has 1 heterocycles. The van der Waals surface area contributed by atoms with E-state index in [4.69, 9.17) is 0 Å². The van der Waals surface area contributed by atoms with Crippen LogP contribution in [0.1, 0.15) is 6.42 Å². The van der Waals surface area contributed by atoms with Crippen molar-refractivity contribution in [3.8, 4) is 0 Å². The van der Waals surface area contributed by atoms with Crippen LogP contribution in [0.2, 0.25) is 0 Å². The lowest BCUT2D eigenvalue weighted by molar-refractivity contribution is -0.0696. The van der Waals surface area contributed by atoms with Crippen LogP contribution in [0.3, 0.4) is 0 Å². The highest BCUT2D eigenvalue weighted by atomic mass is 35.5. The van der Waals surface area contributed by atoms with Crippen LogP contribution in [0.5, 0.6) is 0 Å². The summed E-state index contributed by atoms with van der Waals surface area (Å²) < 4.78 is 38.3. The fraction of sp³-hybridized carbons (Fsp3) is 1.00. The molecule has 6 heteroatoms. The standard InChI is InChI=1S/C5H5Cl2F3O/c6-5(7,10)4(8,9)1-3-2-11-3/h3H,1-2H2. The van der Waals surface area contributed by atoms with E-state index in [1.807, 2.05) is 0 Å². The van der Waals surface area contributed by atoms with E-state index < -0.39 is 23.0 Å². The van der Waals surface area contributed by atoms with Crippen LogP contribution in [0.15, 0.2) is 0 Å². The molecule has 1 unspecified atom stereocenters. The molecule has 0 aromatic rings. The van der Waals surface area contributed by atoms with Crippen molar-refractivity contribution in [2.75, 3.05) is 6.61 Å². The molecule has 1 saturated heterocycles. The zero-order chi connectivity index (χ0) is 8.70. The van der Waals surface area contributed by atoms with Gasteiger partial charge < -0.3 is 4.74 Å². The molecule has 0 spiro atoms. The van der Waals surface area contributed by atoms with Crippen LogP contribution < -0.4 is 0 Å². The molecule has 11 heavy (non-hydrogen) atoms. The summed E-state index contributed by atoms with van der Waals surface area (Å²) in [5, 5.41) is 0. The van der Waals surface area contributed by atoms with Crippen molar-refractivity contribution >= 4 is 23.2 Å². The van der Waals surface area contributed by atoms with Gasteiger partial charge in [0, 0.05) is 6.42 Å². The smallest absolute Gasteiger partial charge is 0.320 e. The van der Waals surface area contributed by atoms with Crippen molar-refractivity contribution in [2.24, 2.45) is 0 Å². The van der Waals surface area contributed by atoms with Gasteiger partial charge in [0.2, 0.25) is 0 Å². The van der Waals surface area contributed by atoms with Gasteiger partial charge in [-0.25, -0.2) is 13.2 Å². The molecule has 0 aromatic heterocycles. The van der Waals surface area contributed by atoms with Crippen LogP contribution in [-0.4, -0.2) is 23.2 Å². The zero-order valence-corrected chi connectivity index (χ0v) is 6.80. The first-order valence-electron chi connectivity index (χ1n) is 2.89. The van der Waals surface area contributed by atoms with Gasteiger partial charge in [0.1, 0.15) is 0 Å². The molecular weight excluding hydrogens is 204 g/mol. The predicted octanol–water partition coefficient (Wildman–Crippen LogP) is 2.51. The lowest BCUT2D eigenvalue weighted by atomic mass is 10.2. The number of epoxide rings is 1. The molecule has 0 amide bonds. The summed E-state index contributed by atoms with van der Waals surface area (Å²) in [6.07, 6.45) is -1.37. The normalized spacial score (nSPS) is 25.4. The maximum Gasteiger partial charge on any atom is 0.320 e. The largest absolute Gasteiger partial charge is 0.373 e. The summed E-state index contributed by atoms with van der Waals surface area (Å²) >= 11 is 9.18. The lowest BCUT2D eigenvalue weighted by Gasteiger charge is -2.21. The maximum absolute atomic E-state index is 12.5. The number of halogens is 5. The molecule has 66 valence electrons. The van der Waals surface area contributed by atoms with Gasteiger partial charge in [0.25, 0.3) is 0 Å². The van der Waals surface area contributed by atoms with Gasteiger partial charge in [0.05, 0.1) is 12.7 Å². The van der Waals surface area contributed by atoms with E-state index in [1.165, 1.54) is 0 Å². The molecule has 0 aromatic carbocycles. The Bertz CT molecular complexity index is 152. The Labute approximate surface area is 71.4 Å². The summed E-state index contributed by atoms with van der Waals surface area (Å²) in [5.74, 6) is -3.74. The van der Waals surface area contributed by atoms with Gasteiger partial charge in [-0.15, -0.1) is 0 Å². The summed E-state index contributed by atoms with van der Waals surface area (Å²) in [4.78, 5) is 0. The Morgan fingerprint density at radius 3 is 2.09 bits per heavy atom. The number of hydrogen-bond donors (Lipinski definition) is 0. The molecule has 0 saturated carbocycles. The Morgan fingerprint density at radius 2 is 1.82 bits per heavy atom. The molecule has 0 bridgehead atoms. The first-order chi connectivity index (χ1) is 4.83. The summed E-state index contributed by atoms with van der Waals surface area (Å²) in [7, 11) is 0. The second-order valence-corrected chi connectivity index (χ2v) is 3.60. The Kier molecular flexibility index (Phi) is 2.29. The van der Waals surface area contributed by atoms with E-state index in [9.17, 15) is 13.2 Å². The van der Waals surface area contributed by atoms with E-state index in [-0.39, 0.29) is 6.61 Å². The van der Waals surface area contributed by atoms with Crippen LogP contribution >= 0.6 is 23.2 Å². The van der Waals surface area contributed by atoms with Crippen LogP contribution in [-0.2, 0) is 4.74 Å².